The molecule has 1 fully saturated rings. The number of carbonyl (C=O) groups excluding carboxylic acids is 1. The fraction of sp³-hybridized carbons (Fsp3) is 0.316. The third kappa shape index (κ3) is 3.13. The fourth-order valence-electron chi connectivity index (χ4n) is 3.08. The lowest BCUT2D eigenvalue weighted by Gasteiger charge is -2.10. The van der Waals surface area contributed by atoms with E-state index in [9.17, 15) is 9.90 Å². The highest BCUT2D eigenvalue weighted by molar-refractivity contribution is 5.95. The van der Waals surface area contributed by atoms with Crippen LogP contribution >= 0.6 is 0 Å². The number of aryl methyl sites for hydroxylation is 1. The number of fused-ring (bicyclic) bond motifs is 1. The van der Waals surface area contributed by atoms with Crippen LogP contribution < -0.4 is 5.32 Å². The van der Waals surface area contributed by atoms with Gasteiger partial charge >= 0.3 is 0 Å². The summed E-state index contributed by atoms with van der Waals surface area (Å²) >= 11 is 0. The number of rotatable bonds is 5. The van der Waals surface area contributed by atoms with Crippen molar-refractivity contribution in [3.8, 4) is 11.3 Å². The number of carbonyl (C=O) groups is 1. The van der Waals surface area contributed by atoms with Gasteiger partial charge in [-0.15, -0.1) is 0 Å². The molecular formula is C19H20N4O2. The van der Waals surface area contributed by atoms with E-state index in [1.54, 1.807) is 12.4 Å². The second-order valence-corrected chi connectivity index (χ2v) is 6.48. The van der Waals surface area contributed by atoms with Gasteiger partial charge in [0.05, 0.1) is 12.1 Å². The summed E-state index contributed by atoms with van der Waals surface area (Å²) in [4.78, 5) is 20.6. The Hall–Kier alpha value is -2.73. The summed E-state index contributed by atoms with van der Waals surface area (Å²) in [5.74, 6) is 0.730. The number of anilines is 1. The molecule has 25 heavy (non-hydrogen) atoms. The van der Waals surface area contributed by atoms with E-state index in [0.29, 0.717) is 12.4 Å². The molecule has 1 aliphatic rings. The fourth-order valence-corrected chi connectivity index (χ4v) is 3.08. The van der Waals surface area contributed by atoms with Gasteiger partial charge in [0.2, 0.25) is 5.91 Å². The monoisotopic (exact) mass is 336 g/mol. The zero-order valence-corrected chi connectivity index (χ0v) is 14.1. The number of pyridine rings is 2. The maximum Gasteiger partial charge on any atom is 0.228 e. The first-order valence-corrected chi connectivity index (χ1v) is 8.50. The van der Waals surface area contributed by atoms with Gasteiger partial charge in [-0.25, -0.2) is 4.98 Å². The van der Waals surface area contributed by atoms with Crippen LogP contribution in [0.3, 0.4) is 0 Å². The first-order valence-electron chi connectivity index (χ1n) is 8.50. The molecule has 0 bridgehead atoms. The van der Waals surface area contributed by atoms with Gasteiger partial charge in [0.15, 0.2) is 0 Å². The summed E-state index contributed by atoms with van der Waals surface area (Å²) in [7, 11) is 0. The Bertz CT molecular complexity index is 944. The Kier molecular flexibility index (Phi) is 3.97. The quantitative estimate of drug-likeness (QED) is 0.751. The lowest BCUT2D eigenvalue weighted by molar-refractivity contribution is -0.117. The molecule has 0 saturated heterocycles. The minimum absolute atomic E-state index is 0.0347. The highest BCUT2D eigenvalue weighted by Gasteiger charge is 2.29. The van der Waals surface area contributed by atoms with Crippen molar-refractivity contribution in [2.75, 3.05) is 11.9 Å². The van der Waals surface area contributed by atoms with Crippen LogP contribution in [-0.4, -0.2) is 32.2 Å². The minimum atomic E-state index is 0.0347. The number of aliphatic hydroxyl groups is 1. The average molecular weight is 336 g/mol. The van der Waals surface area contributed by atoms with Crippen molar-refractivity contribution in [3.05, 3.63) is 42.4 Å². The van der Waals surface area contributed by atoms with Crippen molar-refractivity contribution in [3.63, 3.8) is 0 Å². The molecule has 0 unspecified atom stereocenters. The van der Waals surface area contributed by atoms with Crippen molar-refractivity contribution in [1.29, 1.82) is 0 Å². The molecule has 0 atom stereocenters. The predicted octanol–water partition coefficient (Wildman–Crippen LogP) is 2.75. The van der Waals surface area contributed by atoms with Gasteiger partial charge < -0.3 is 15.0 Å². The molecule has 3 aromatic heterocycles. The zero-order chi connectivity index (χ0) is 17.4. The van der Waals surface area contributed by atoms with Gasteiger partial charge in [0.1, 0.15) is 5.82 Å². The molecule has 3 heterocycles. The normalized spacial score (nSPS) is 14.0. The number of amides is 1. The molecule has 0 radical (unpaired) electrons. The number of aromatic nitrogens is 3. The summed E-state index contributed by atoms with van der Waals surface area (Å²) < 4.78 is 2.05. The van der Waals surface area contributed by atoms with E-state index in [0.717, 1.165) is 40.7 Å². The van der Waals surface area contributed by atoms with E-state index in [-0.39, 0.29) is 18.4 Å². The van der Waals surface area contributed by atoms with Crippen molar-refractivity contribution in [1.82, 2.24) is 14.5 Å². The molecule has 0 spiro atoms. The van der Waals surface area contributed by atoms with E-state index in [1.165, 1.54) is 0 Å². The molecule has 6 nitrogen and oxygen atoms in total. The van der Waals surface area contributed by atoms with E-state index < -0.39 is 0 Å². The van der Waals surface area contributed by atoms with E-state index >= 15 is 0 Å². The molecule has 4 rings (SSSR count). The SMILES string of the molecule is Cc1cc(-c2cc3cnc(NC(=O)C4CC4)cc3n2CCO)ccn1. The number of nitrogens with one attached hydrogen (secondary N) is 1. The molecule has 3 aromatic rings. The molecule has 1 saturated carbocycles. The summed E-state index contributed by atoms with van der Waals surface area (Å²) in [5, 5.41) is 13.4. The van der Waals surface area contributed by atoms with Gasteiger partial charge in [-0.05, 0) is 38.0 Å². The number of aliphatic hydroxyl groups excluding tert-OH is 1. The highest BCUT2D eigenvalue weighted by atomic mass is 16.3. The predicted molar refractivity (Wildman–Crippen MR) is 96.1 cm³/mol. The third-order valence-electron chi connectivity index (χ3n) is 4.50. The maximum atomic E-state index is 12.0. The van der Waals surface area contributed by atoms with E-state index in [4.69, 9.17) is 0 Å². The van der Waals surface area contributed by atoms with Crippen LogP contribution in [0.5, 0.6) is 0 Å². The van der Waals surface area contributed by atoms with Gasteiger partial charge in [-0.3, -0.25) is 9.78 Å². The van der Waals surface area contributed by atoms with Crippen molar-refractivity contribution >= 4 is 22.6 Å². The van der Waals surface area contributed by atoms with Crippen LogP contribution in [0.25, 0.3) is 22.2 Å². The largest absolute Gasteiger partial charge is 0.395 e. The molecule has 6 heteroatoms. The smallest absolute Gasteiger partial charge is 0.228 e. The summed E-state index contributed by atoms with van der Waals surface area (Å²) in [5.41, 5.74) is 3.93. The molecular weight excluding hydrogens is 316 g/mol. The first kappa shape index (κ1) is 15.8. The molecule has 1 aliphatic carbocycles. The van der Waals surface area contributed by atoms with Gasteiger partial charge in [-0.2, -0.15) is 0 Å². The number of hydrogen-bond donors (Lipinski definition) is 2. The average Bonchev–Trinajstić information content (AvgIpc) is 3.39. The number of hydrogen-bond acceptors (Lipinski definition) is 4. The zero-order valence-electron chi connectivity index (χ0n) is 14.1. The van der Waals surface area contributed by atoms with Gasteiger partial charge in [0, 0.05) is 53.3 Å². The Morgan fingerprint density at radius 2 is 2.16 bits per heavy atom. The van der Waals surface area contributed by atoms with Crippen LogP contribution in [0, 0.1) is 12.8 Å². The van der Waals surface area contributed by atoms with Gasteiger partial charge in [-0.1, -0.05) is 0 Å². The molecule has 0 aliphatic heterocycles. The Balaban J connectivity index is 1.78. The summed E-state index contributed by atoms with van der Waals surface area (Å²) in [6.07, 6.45) is 5.47. The topological polar surface area (TPSA) is 80.0 Å². The van der Waals surface area contributed by atoms with Crippen LogP contribution in [0.1, 0.15) is 18.5 Å². The summed E-state index contributed by atoms with van der Waals surface area (Å²) in [6, 6.07) is 7.91. The van der Waals surface area contributed by atoms with Crippen LogP contribution in [0.2, 0.25) is 0 Å². The van der Waals surface area contributed by atoms with E-state index in [2.05, 4.69) is 25.9 Å². The second kappa shape index (κ2) is 6.29. The minimum Gasteiger partial charge on any atom is -0.395 e. The summed E-state index contributed by atoms with van der Waals surface area (Å²) in [6.45, 7) is 2.46. The Morgan fingerprint density at radius 1 is 1.32 bits per heavy atom. The van der Waals surface area contributed by atoms with E-state index in [1.807, 2.05) is 25.1 Å². The lowest BCUT2D eigenvalue weighted by Crippen LogP contribution is -2.14. The highest BCUT2D eigenvalue weighted by Crippen LogP contribution is 2.32. The maximum absolute atomic E-state index is 12.0. The van der Waals surface area contributed by atoms with Crippen molar-refractivity contribution in [2.45, 2.75) is 26.3 Å². The Morgan fingerprint density at radius 3 is 2.88 bits per heavy atom. The molecule has 1 amide bonds. The van der Waals surface area contributed by atoms with Gasteiger partial charge in [0.25, 0.3) is 0 Å². The standard InChI is InChI=1S/C19H20N4O2/c1-12-8-14(4-5-20-12)16-9-15-11-21-18(22-19(25)13-2-3-13)10-17(15)23(16)6-7-24/h4-5,8-11,13,24H,2-3,6-7H2,1H3,(H,21,22,25). The Labute approximate surface area is 145 Å². The van der Waals surface area contributed by atoms with Crippen LogP contribution in [-0.2, 0) is 11.3 Å². The van der Waals surface area contributed by atoms with Crippen LogP contribution in [0.15, 0.2) is 36.7 Å². The molecule has 2 N–H and O–H groups in total. The molecule has 128 valence electrons. The van der Waals surface area contributed by atoms with Crippen LogP contribution in [0.4, 0.5) is 5.82 Å². The first-order chi connectivity index (χ1) is 12.2. The second-order valence-electron chi connectivity index (χ2n) is 6.48. The lowest BCUT2D eigenvalue weighted by atomic mass is 10.1. The molecule has 0 aromatic carbocycles. The number of nitrogens with zero attached hydrogens (tertiary/aromatic N) is 3. The van der Waals surface area contributed by atoms with Crippen molar-refractivity contribution < 1.29 is 9.90 Å². The third-order valence-corrected chi connectivity index (χ3v) is 4.50. The van der Waals surface area contributed by atoms with Crippen molar-refractivity contribution in [2.24, 2.45) is 5.92 Å².